The second-order valence-electron chi connectivity index (χ2n) is 6.26. The Labute approximate surface area is 145 Å². The minimum absolute atomic E-state index is 0.0809. The highest BCUT2D eigenvalue weighted by Crippen LogP contribution is 2.20. The van der Waals surface area contributed by atoms with Crippen LogP contribution in [0.3, 0.4) is 0 Å². The Balaban J connectivity index is 1.93. The van der Waals surface area contributed by atoms with Gasteiger partial charge in [0, 0.05) is 39.3 Å². The zero-order valence-electron chi connectivity index (χ0n) is 14.5. The van der Waals surface area contributed by atoms with Crippen molar-refractivity contribution in [3.05, 3.63) is 35.6 Å². The van der Waals surface area contributed by atoms with Crippen molar-refractivity contribution in [2.24, 2.45) is 4.99 Å². The average molecular weight is 360 g/mol. The number of benzene rings is 1. The monoisotopic (exact) mass is 360 g/mol. The first-order chi connectivity index (χ1) is 11.8. The fraction of sp³-hybridized carbons (Fsp3) is 0.588. The lowest BCUT2D eigenvalue weighted by molar-refractivity contribution is -0.143. The summed E-state index contributed by atoms with van der Waals surface area (Å²) in [5.74, 6) is 0.317. The number of rotatable bonds is 5. The molecule has 1 saturated heterocycles. The number of halogens is 4. The van der Waals surface area contributed by atoms with Crippen LogP contribution < -0.4 is 5.32 Å². The standard InChI is InChI=1S/C17H24F4N4/c1-3-22-16(24(2)10-13-5-4-6-14(18)9-13)23-15-7-8-25(11-15)12-17(19,20)21/h4-6,9,15H,3,7-8,10-12H2,1-2H3,(H,22,23). The smallest absolute Gasteiger partial charge is 0.352 e. The van der Waals surface area contributed by atoms with E-state index < -0.39 is 12.7 Å². The summed E-state index contributed by atoms with van der Waals surface area (Å²) >= 11 is 0. The molecule has 0 bridgehead atoms. The fourth-order valence-corrected chi connectivity index (χ4v) is 2.94. The summed E-state index contributed by atoms with van der Waals surface area (Å²) in [4.78, 5) is 7.65. The third-order valence-corrected chi connectivity index (χ3v) is 3.99. The topological polar surface area (TPSA) is 30.9 Å². The highest BCUT2D eigenvalue weighted by Gasteiger charge is 2.34. The first-order valence-electron chi connectivity index (χ1n) is 8.32. The van der Waals surface area contributed by atoms with E-state index in [9.17, 15) is 17.6 Å². The van der Waals surface area contributed by atoms with Crippen LogP contribution in [0, 0.1) is 5.82 Å². The number of nitrogens with zero attached hydrogens (tertiary/aromatic N) is 3. The predicted octanol–water partition coefficient (Wildman–Crippen LogP) is 2.86. The molecule has 1 heterocycles. The molecule has 0 radical (unpaired) electrons. The predicted molar refractivity (Wildman–Crippen MR) is 89.9 cm³/mol. The van der Waals surface area contributed by atoms with E-state index in [0.29, 0.717) is 38.6 Å². The van der Waals surface area contributed by atoms with Gasteiger partial charge in [-0.05, 0) is 31.0 Å². The van der Waals surface area contributed by atoms with Crippen molar-refractivity contribution in [2.45, 2.75) is 32.1 Å². The molecular formula is C17H24F4N4. The maximum Gasteiger partial charge on any atom is 0.401 e. The number of aliphatic imine (C=N–C) groups is 1. The van der Waals surface area contributed by atoms with E-state index in [2.05, 4.69) is 10.3 Å². The molecule has 0 saturated carbocycles. The van der Waals surface area contributed by atoms with Crippen LogP contribution in [0.4, 0.5) is 17.6 Å². The van der Waals surface area contributed by atoms with Crippen molar-refractivity contribution in [3.8, 4) is 0 Å². The van der Waals surface area contributed by atoms with Crippen molar-refractivity contribution in [3.63, 3.8) is 0 Å². The molecule has 1 fully saturated rings. The first-order valence-corrected chi connectivity index (χ1v) is 8.32. The van der Waals surface area contributed by atoms with Gasteiger partial charge in [0.1, 0.15) is 5.82 Å². The number of likely N-dealkylation sites (tertiary alicyclic amines) is 1. The van der Waals surface area contributed by atoms with Gasteiger partial charge in [0.05, 0.1) is 6.54 Å². The van der Waals surface area contributed by atoms with Gasteiger partial charge in [-0.3, -0.25) is 9.89 Å². The molecule has 1 aromatic rings. The summed E-state index contributed by atoms with van der Waals surface area (Å²) in [5.41, 5.74) is 0.804. The van der Waals surface area contributed by atoms with Gasteiger partial charge >= 0.3 is 6.18 Å². The minimum atomic E-state index is -4.18. The molecule has 1 aliphatic rings. The Morgan fingerprint density at radius 2 is 2.16 bits per heavy atom. The van der Waals surface area contributed by atoms with Gasteiger partial charge in [-0.15, -0.1) is 0 Å². The fourth-order valence-electron chi connectivity index (χ4n) is 2.94. The lowest BCUT2D eigenvalue weighted by Gasteiger charge is -2.26. The van der Waals surface area contributed by atoms with Crippen molar-refractivity contribution in [1.82, 2.24) is 15.1 Å². The second-order valence-corrected chi connectivity index (χ2v) is 6.26. The molecule has 0 aliphatic carbocycles. The van der Waals surface area contributed by atoms with Gasteiger partial charge in [0.25, 0.3) is 0 Å². The molecule has 25 heavy (non-hydrogen) atoms. The van der Waals surface area contributed by atoms with Crippen LogP contribution in [0.1, 0.15) is 18.9 Å². The minimum Gasteiger partial charge on any atom is -0.352 e. The van der Waals surface area contributed by atoms with Crippen LogP contribution in [-0.4, -0.2) is 61.2 Å². The number of hydrogen-bond acceptors (Lipinski definition) is 2. The Bertz CT molecular complexity index is 588. The quantitative estimate of drug-likeness (QED) is 0.498. The first kappa shape index (κ1) is 19.5. The molecule has 0 spiro atoms. The third-order valence-electron chi connectivity index (χ3n) is 3.99. The summed E-state index contributed by atoms with van der Waals surface area (Å²) < 4.78 is 50.8. The van der Waals surface area contributed by atoms with Gasteiger partial charge in [-0.25, -0.2) is 4.39 Å². The van der Waals surface area contributed by atoms with Crippen LogP contribution in [0.25, 0.3) is 0 Å². The van der Waals surface area contributed by atoms with Gasteiger partial charge < -0.3 is 10.2 Å². The van der Waals surface area contributed by atoms with Crippen LogP contribution in [0.15, 0.2) is 29.3 Å². The molecular weight excluding hydrogens is 336 g/mol. The molecule has 4 nitrogen and oxygen atoms in total. The van der Waals surface area contributed by atoms with E-state index >= 15 is 0 Å². The van der Waals surface area contributed by atoms with Gasteiger partial charge in [0.15, 0.2) is 5.96 Å². The van der Waals surface area contributed by atoms with Gasteiger partial charge in [0.2, 0.25) is 0 Å². The van der Waals surface area contributed by atoms with E-state index in [-0.39, 0.29) is 11.9 Å². The van der Waals surface area contributed by atoms with Crippen molar-refractivity contribution < 1.29 is 17.6 Å². The van der Waals surface area contributed by atoms with Crippen LogP contribution in [-0.2, 0) is 6.54 Å². The number of alkyl halides is 3. The van der Waals surface area contributed by atoms with Gasteiger partial charge in [-0.2, -0.15) is 13.2 Å². The summed E-state index contributed by atoms with van der Waals surface area (Å²) in [7, 11) is 1.83. The van der Waals surface area contributed by atoms with Crippen LogP contribution in [0.2, 0.25) is 0 Å². The van der Waals surface area contributed by atoms with E-state index in [1.54, 1.807) is 6.07 Å². The van der Waals surface area contributed by atoms with Gasteiger partial charge in [-0.1, -0.05) is 12.1 Å². The molecule has 1 aliphatic heterocycles. The molecule has 0 aromatic heterocycles. The summed E-state index contributed by atoms with van der Waals surface area (Å²) in [6.07, 6.45) is -3.55. The number of nitrogens with one attached hydrogen (secondary N) is 1. The Hall–Kier alpha value is -1.83. The molecule has 1 atom stereocenters. The Morgan fingerprint density at radius 1 is 1.40 bits per heavy atom. The molecule has 1 N–H and O–H groups in total. The highest BCUT2D eigenvalue weighted by molar-refractivity contribution is 5.80. The second kappa shape index (κ2) is 8.51. The molecule has 1 aromatic carbocycles. The van der Waals surface area contributed by atoms with Crippen LogP contribution in [0.5, 0.6) is 0 Å². The zero-order chi connectivity index (χ0) is 18.4. The number of guanidine groups is 1. The zero-order valence-corrected chi connectivity index (χ0v) is 14.5. The maximum absolute atomic E-state index is 13.3. The highest BCUT2D eigenvalue weighted by atomic mass is 19.4. The molecule has 1 unspecified atom stereocenters. The average Bonchev–Trinajstić information content (AvgIpc) is 2.92. The number of hydrogen-bond donors (Lipinski definition) is 1. The van der Waals surface area contributed by atoms with E-state index in [0.717, 1.165) is 5.56 Å². The summed E-state index contributed by atoms with van der Waals surface area (Å²) in [6, 6.07) is 6.23. The molecule has 8 heteroatoms. The molecule has 2 rings (SSSR count). The lowest BCUT2D eigenvalue weighted by Crippen LogP contribution is -2.45. The summed E-state index contributed by atoms with van der Waals surface area (Å²) in [6.45, 7) is 2.75. The maximum atomic E-state index is 13.3. The third kappa shape index (κ3) is 6.53. The summed E-state index contributed by atoms with van der Waals surface area (Å²) in [5, 5.41) is 3.24. The van der Waals surface area contributed by atoms with Crippen LogP contribution >= 0.6 is 0 Å². The van der Waals surface area contributed by atoms with E-state index in [4.69, 9.17) is 0 Å². The van der Waals surface area contributed by atoms with E-state index in [1.807, 2.05) is 24.9 Å². The largest absolute Gasteiger partial charge is 0.401 e. The molecule has 0 amide bonds. The Morgan fingerprint density at radius 3 is 2.80 bits per heavy atom. The van der Waals surface area contributed by atoms with Crippen molar-refractivity contribution in [1.29, 1.82) is 0 Å². The lowest BCUT2D eigenvalue weighted by atomic mass is 10.2. The SMILES string of the molecule is CCN=C(NC1CCN(CC(F)(F)F)C1)N(C)Cc1cccc(F)c1. The molecule has 140 valence electrons. The van der Waals surface area contributed by atoms with E-state index in [1.165, 1.54) is 17.0 Å². The normalized spacial score (nSPS) is 19.3. The van der Waals surface area contributed by atoms with Crippen molar-refractivity contribution in [2.75, 3.05) is 33.2 Å². The van der Waals surface area contributed by atoms with Crippen molar-refractivity contribution >= 4 is 5.96 Å². The Kier molecular flexibility index (Phi) is 6.64.